The summed E-state index contributed by atoms with van der Waals surface area (Å²) in [7, 11) is 0. The van der Waals surface area contributed by atoms with Crippen molar-refractivity contribution in [2.75, 3.05) is 0 Å². The second-order valence-electron chi connectivity index (χ2n) is 5.82. The van der Waals surface area contributed by atoms with Gasteiger partial charge in [-0.05, 0) is 18.9 Å². The summed E-state index contributed by atoms with van der Waals surface area (Å²) in [4.78, 5) is 23.4. The first kappa shape index (κ1) is 13.8. The normalized spacial score (nSPS) is 16.1. The maximum atomic E-state index is 12.1. The number of fused-ring (bicyclic) bond motifs is 5. The topological polar surface area (TPSA) is 72.4 Å². The van der Waals surface area contributed by atoms with Gasteiger partial charge in [0.2, 0.25) is 0 Å². The van der Waals surface area contributed by atoms with E-state index in [-0.39, 0.29) is 11.6 Å². The van der Waals surface area contributed by atoms with Gasteiger partial charge in [0.05, 0.1) is 5.69 Å². The third-order valence-electron chi connectivity index (χ3n) is 4.55. The number of furan rings is 1. The number of rotatable bonds is 2. The average Bonchev–Trinajstić information content (AvgIpc) is 2.92. The molecule has 1 atom stereocenters. The predicted molar refractivity (Wildman–Crippen MR) is 85.9 cm³/mol. The highest BCUT2D eigenvalue weighted by Crippen LogP contribution is 2.41. The zero-order valence-electron chi connectivity index (χ0n) is 12.6. The smallest absolute Gasteiger partial charge is 0.341 e. The van der Waals surface area contributed by atoms with E-state index in [0.717, 1.165) is 29.4 Å². The van der Waals surface area contributed by atoms with Crippen molar-refractivity contribution >= 4 is 16.9 Å². The molecule has 1 unspecified atom stereocenters. The van der Waals surface area contributed by atoms with Crippen LogP contribution in [0.4, 0.5) is 0 Å². The number of aromatic carboxylic acids is 1. The van der Waals surface area contributed by atoms with Crippen molar-refractivity contribution in [2.45, 2.75) is 25.8 Å². The van der Waals surface area contributed by atoms with Crippen molar-refractivity contribution in [1.82, 2.24) is 4.57 Å². The van der Waals surface area contributed by atoms with Gasteiger partial charge in [0.25, 0.3) is 0 Å². The first-order valence-corrected chi connectivity index (χ1v) is 7.60. The average molecular weight is 309 g/mol. The van der Waals surface area contributed by atoms with Gasteiger partial charge in [-0.3, -0.25) is 4.79 Å². The molecule has 0 saturated heterocycles. The number of aromatic nitrogens is 1. The minimum absolute atomic E-state index is 0.109. The fraction of sp³-hybridized carbons (Fsp3) is 0.222. The lowest BCUT2D eigenvalue weighted by atomic mass is 9.94. The molecular formula is C18H15NO4. The fourth-order valence-electron chi connectivity index (χ4n) is 3.38. The van der Waals surface area contributed by atoms with Crippen LogP contribution in [0.1, 0.15) is 35.3 Å². The monoisotopic (exact) mass is 309 g/mol. The zero-order chi connectivity index (χ0) is 16.1. The van der Waals surface area contributed by atoms with E-state index in [2.05, 4.69) is 6.92 Å². The Morgan fingerprint density at radius 2 is 2.17 bits per heavy atom. The molecular weight excluding hydrogens is 294 g/mol. The quantitative estimate of drug-likeness (QED) is 0.786. The Bertz CT molecular complexity index is 996. The van der Waals surface area contributed by atoms with E-state index in [1.54, 1.807) is 0 Å². The molecule has 1 aliphatic rings. The highest BCUT2D eigenvalue weighted by Gasteiger charge is 2.29. The van der Waals surface area contributed by atoms with Crippen molar-refractivity contribution in [1.29, 1.82) is 0 Å². The van der Waals surface area contributed by atoms with Gasteiger partial charge < -0.3 is 14.1 Å². The van der Waals surface area contributed by atoms with Crippen molar-refractivity contribution in [3.8, 4) is 11.5 Å². The molecule has 0 spiro atoms. The second kappa shape index (κ2) is 4.84. The van der Waals surface area contributed by atoms with E-state index in [0.29, 0.717) is 11.5 Å². The number of nitrogens with zero attached hydrogens (tertiary/aromatic N) is 1. The van der Waals surface area contributed by atoms with E-state index in [1.807, 2.05) is 28.8 Å². The predicted octanol–water partition coefficient (Wildman–Crippen LogP) is 3.47. The number of para-hydroxylation sites is 1. The lowest BCUT2D eigenvalue weighted by Gasteiger charge is -2.27. The molecule has 0 amide bonds. The second-order valence-corrected chi connectivity index (χ2v) is 5.82. The van der Waals surface area contributed by atoms with Gasteiger partial charge in [0.1, 0.15) is 11.1 Å². The standard InChI is InChI=1S/C18H15NO4/c1-2-10-7-12-11-5-3-4-6-16(11)23-17(12)14-8-15(20)13(18(21)22)9-19(10)14/h3-6,8-10H,2,7H2,1H3,(H,21,22). The number of carbonyl (C=O) groups is 1. The van der Waals surface area contributed by atoms with E-state index in [9.17, 15) is 14.7 Å². The molecule has 1 aromatic carbocycles. The molecule has 1 aliphatic heterocycles. The van der Waals surface area contributed by atoms with Crippen LogP contribution in [0.2, 0.25) is 0 Å². The third-order valence-corrected chi connectivity index (χ3v) is 4.55. The van der Waals surface area contributed by atoms with E-state index in [1.165, 1.54) is 12.3 Å². The Labute approximate surface area is 131 Å². The molecule has 4 rings (SSSR count). The number of carboxylic acids is 1. The van der Waals surface area contributed by atoms with Crippen LogP contribution < -0.4 is 5.43 Å². The Morgan fingerprint density at radius 1 is 1.39 bits per heavy atom. The van der Waals surface area contributed by atoms with Crippen LogP contribution in [0, 0.1) is 0 Å². The summed E-state index contributed by atoms with van der Waals surface area (Å²) < 4.78 is 7.83. The van der Waals surface area contributed by atoms with Crippen molar-refractivity contribution < 1.29 is 14.3 Å². The Kier molecular flexibility index (Phi) is 2.91. The van der Waals surface area contributed by atoms with Gasteiger partial charge in [-0.15, -0.1) is 0 Å². The summed E-state index contributed by atoms with van der Waals surface area (Å²) in [6.07, 6.45) is 3.05. The summed E-state index contributed by atoms with van der Waals surface area (Å²) in [5.74, 6) is -0.527. The molecule has 23 heavy (non-hydrogen) atoms. The minimum atomic E-state index is -1.20. The van der Waals surface area contributed by atoms with Gasteiger partial charge >= 0.3 is 5.97 Å². The van der Waals surface area contributed by atoms with Crippen molar-refractivity contribution in [2.24, 2.45) is 0 Å². The summed E-state index contributed by atoms with van der Waals surface area (Å²) in [5, 5.41) is 10.3. The lowest BCUT2D eigenvalue weighted by Crippen LogP contribution is -2.24. The molecule has 3 heterocycles. The largest absolute Gasteiger partial charge is 0.477 e. The van der Waals surface area contributed by atoms with Crippen LogP contribution in [0.5, 0.6) is 0 Å². The lowest BCUT2D eigenvalue weighted by molar-refractivity contribution is 0.0694. The number of hydrogen-bond donors (Lipinski definition) is 1. The minimum Gasteiger partial charge on any atom is -0.477 e. The highest BCUT2D eigenvalue weighted by atomic mass is 16.4. The molecule has 116 valence electrons. The number of hydrogen-bond acceptors (Lipinski definition) is 3. The van der Waals surface area contributed by atoms with Crippen molar-refractivity contribution in [3.05, 3.63) is 57.9 Å². The van der Waals surface area contributed by atoms with Gasteiger partial charge in [-0.2, -0.15) is 0 Å². The summed E-state index contributed by atoms with van der Waals surface area (Å²) in [6, 6.07) is 9.29. The van der Waals surface area contributed by atoms with Gasteiger partial charge in [-0.1, -0.05) is 25.1 Å². The number of carboxylic acid groups (broad SMARTS) is 1. The molecule has 2 aromatic heterocycles. The SMILES string of the molecule is CCC1Cc2c(oc3ccccc23)-c2cc(=O)c(C(=O)O)cn21. The summed E-state index contributed by atoms with van der Waals surface area (Å²) >= 11 is 0. The molecule has 0 fully saturated rings. The van der Waals surface area contributed by atoms with Crippen LogP contribution in [0.3, 0.4) is 0 Å². The van der Waals surface area contributed by atoms with Crippen LogP contribution in [0.15, 0.2) is 45.7 Å². The molecule has 3 aromatic rings. The molecule has 1 N–H and O–H groups in total. The van der Waals surface area contributed by atoms with Crippen LogP contribution in [-0.4, -0.2) is 15.6 Å². The Morgan fingerprint density at radius 3 is 2.91 bits per heavy atom. The Balaban J connectivity index is 2.06. The van der Waals surface area contributed by atoms with Crippen molar-refractivity contribution in [3.63, 3.8) is 0 Å². The maximum absolute atomic E-state index is 12.1. The fourth-order valence-corrected chi connectivity index (χ4v) is 3.38. The number of benzene rings is 1. The first-order chi connectivity index (χ1) is 11.1. The number of pyridine rings is 1. The molecule has 0 aliphatic carbocycles. The van der Waals surface area contributed by atoms with Crippen LogP contribution in [0.25, 0.3) is 22.4 Å². The Hall–Kier alpha value is -2.82. The summed E-state index contributed by atoms with van der Waals surface area (Å²) in [6.45, 7) is 2.06. The molecule has 5 heteroatoms. The maximum Gasteiger partial charge on any atom is 0.341 e. The highest BCUT2D eigenvalue weighted by molar-refractivity contribution is 5.90. The molecule has 0 saturated carbocycles. The molecule has 0 bridgehead atoms. The summed E-state index contributed by atoms with van der Waals surface area (Å²) in [5.41, 5.74) is 1.84. The van der Waals surface area contributed by atoms with Gasteiger partial charge in [0, 0.05) is 29.3 Å². The zero-order valence-corrected chi connectivity index (χ0v) is 12.6. The van der Waals surface area contributed by atoms with Crippen LogP contribution >= 0.6 is 0 Å². The van der Waals surface area contributed by atoms with E-state index in [4.69, 9.17) is 4.42 Å². The van der Waals surface area contributed by atoms with Gasteiger partial charge in [-0.25, -0.2) is 4.79 Å². The molecule has 0 radical (unpaired) electrons. The first-order valence-electron chi connectivity index (χ1n) is 7.60. The van der Waals surface area contributed by atoms with E-state index >= 15 is 0 Å². The third kappa shape index (κ3) is 1.93. The molecule has 5 nitrogen and oxygen atoms in total. The van der Waals surface area contributed by atoms with Gasteiger partial charge in [0.15, 0.2) is 11.2 Å². The van der Waals surface area contributed by atoms with E-state index < -0.39 is 11.4 Å². The van der Waals surface area contributed by atoms with Crippen LogP contribution in [-0.2, 0) is 6.42 Å².